The standard InChI is InChI=1S/C13H8BrF2N3/c14-9-5-11-12(6-10(9)16)19(13(17)18-11)8-3-1-7(15)2-4-8/h1-6H,(H2,17,18). The Morgan fingerprint density at radius 1 is 1.11 bits per heavy atom. The van der Waals surface area contributed by atoms with E-state index in [1.807, 2.05) is 0 Å². The Bertz CT molecular complexity index is 766. The van der Waals surface area contributed by atoms with Gasteiger partial charge in [-0.05, 0) is 46.3 Å². The van der Waals surface area contributed by atoms with E-state index in [0.29, 0.717) is 21.2 Å². The molecule has 0 aliphatic carbocycles. The number of anilines is 1. The van der Waals surface area contributed by atoms with Crippen LogP contribution in [0.3, 0.4) is 0 Å². The second-order valence-electron chi connectivity index (χ2n) is 4.04. The molecule has 0 atom stereocenters. The van der Waals surface area contributed by atoms with E-state index in [2.05, 4.69) is 20.9 Å². The van der Waals surface area contributed by atoms with Crippen molar-refractivity contribution in [2.24, 2.45) is 0 Å². The maximum atomic E-state index is 13.6. The Hall–Kier alpha value is -1.95. The molecule has 0 saturated carbocycles. The van der Waals surface area contributed by atoms with Crippen LogP contribution >= 0.6 is 15.9 Å². The van der Waals surface area contributed by atoms with Crippen LogP contribution in [0.15, 0.2) is 40.9 Å². The lowest BCUT2D eigenvalue weighted by Crippen LogP contribution is -2.00. The molecule has 0 saturated heterocycles. The summed E-state index contributed by atoms with van der Waals surface area (Å²) in [6, 6.07) is 8.65. The van der Waals surface area contributed by atoms with Gasteiger partial charge in [0, 0.05) is 11.8 Å². The molecule has 0 fully saturated rings. The van der Waals surface area contributed by atoms with Crippen LogP contribution in [0.4, 0.5) is 14.7 Å². The number of rotatable bonds is 1. The summed E-state index contributed by atoms with van der Waals surface area (Å²) in [5.74, 6) is -0.532. The first-order valence-corrected chi connectivity index (χ1v) is 6.24. The molecule has 0 unspecified atom stereocenters. The number of nitrogens with two attached hydrogens (primary N) is 1. The highest BCUT2D eigenvalue weighted by Crippen LogP contribution is 2.27. The van der Waals surface area contributed by atoms with E-state index < -0.39 is 5.82 Å². The van der Waals surface area contributed by atoms with Crippen molar-refractivity contribution in [3.8, 4) is 5.69 Å². The van der Waals surface area contributed by atoms with Crippen LogP contribution in [0.2, 0.25) is 0 Å². The molecule has 96 valence electrons. The van der Waals surface area contributed by atoms with E-state index in [4.69, 9.17) is 5.73 Å². The first kappa shape index (κ1) is 12.1. The highest BCUT2D eigenvalue weighted by molar-refractivity contribution is 9.10. The quantitative estimate of drug-likeness (QED) is 0.742. The molecule has 0 bridgehead atoms. The van der Waals surface area contributed by atoms with E-state index in [1.165, 1.54) is 18.2 Å². The Morgan fingerprint density at radius 3 is 2.47 bits per heavy atom. The van der Waals surface area contributed by atoms with Gasteiger partial charge in [0.25, 0.3) is 0 Å². The van der Waals surface area contributed by atoms with Crippen LogP contribution < -0.4 is 5.73 Å². The fraction of sp³-hybridized carbons (Fsp3) is 0. The Labute approximate surface area is 115 Å². The predicted octanol–water partition coefficient (Wildman–Crippen LogP) is 3.65. The molecule has 3 nitrogen and oxygen atoms in total. The zero-order valence-electron chi connectivity index (χ0n) is 9.57. The highest BCUT2D eigenvalue weighted by Gasteiger charge is 2.13. The molecule has 2 aromatic carbocycles. The van der Waals surface area contributed by atoms with Crippen LogP contribution in [0, 0.1) is 11.6 Å². The largest absolute Gasteiger partial charge is 0.369 e. The van der Waals surface area contributed by atoms with Gasteiger partial charge in [-0.3, -0.25) is 4.57 Å². The number of benzene rings is 2. The molecule has 3 aromatic rings. The van der Waals surface area contributed by atoms with Crippen LogP contribution in [0.5, 0.6) is 0 Å². The fourth-order valence-corrected chi connectivity index (χ4v) is 2.28. The van der Waals surface area contributed by atoms with Gasteiger partial charge in [-0.15, -0.1) is 0 Å². The average Bonchev–Trinajstić information content (AvgIpc) is 2.67. The summed E-state index contributed by atoms with van der Waals surface area (Å²) in [4.78, 5) is 4.16. The van der Waals surface area contributed by atoms with Crippen molar-refractivity contribution in [3.05, 3.63) is 52.5 Å². The second kappa shape index (κ2) is 4.31. The first-order valence-electron chi connectivity index (χ1n) is 5.45. The van der Waals surface area contributed by atoms with Crippen molar-refractivity contribution in [1.82, 2.24) is 9.55 Å². The third kappa shape index (κ3) is 1.98. The molecule has 0 aliphatic heterocycles. The maximum Gasteiger partial charge on any atom is 0.205 e. The van der Waals surface area contributed by atoms with Crippen molar-refractivity contribution in [1.29, 1.82) is 0 Å². The van der Waals surface area contributed by atoms with Gasteiger partial charge in [0.1, 0.15) is 11.6 Å². The summed E-state index contributed by atoms with van der Waals surface area (Å²) in [5, 5.41) is 0. The number of hydrogen-bond donors (Lipinski definition) is 1. The van der Waals surface area contributed by atoms with Crippen LogP contribution in [-0.2, 0) is 0 Å². The van der Waals surface area contributed by atoms with Gasteiger partial charge in [-0.25, -0.2) is 13.8 Å². The van der Waals surface area contributed by atoms with Gasteiger partial charge in [0.2, 0.25) is 5.95 Å². The molecule has 2 N–H and O–H groups in total. The third-order valence-corrected chi connectivity index (χ3v) is 3.42. The summed E-state index contributed by atoms with van der Waals surface area (Å²) < 4.78 is 28.5. The van der Waals surface area contributed by atoms with Gasteiger partial charge in [-0.2, -0.15) is 0 Å². The normalized spacial score (nSPS) is 11.1. The zero-order valence-corrected chi connectivity index (χ0v) is 11.2. The molecule has 0 aliphatic rings. The minimum absolute atomic E-state index is 0.221. The smallest absolute Gasteiger partial charge is 0.205 e. The van der Waals surface area contributed by atoms with E-state index in [0.717, 1.165) is 0 Å². The summed E-state index contributed by atoms with van der Waals surface area (Å²) in [6.45, 7) is 0. The topological polar surface area (TPSA) is 43.8 Å². The third-order valence-electron chi connectivity index (χ3n) is 2.81. The van der Waals surface area contributed by atoms with Crippen molar-refractivity contribution < 1.29 is 8.78 Å². The summed E-state index contributed by atoms with van der Waals surface area (Å²) in [6.07, 6.45) is 0. The molecule has 0 radical (unpaired) electrons. The van der Waals surface area contributed by atoms with Crippen molar-refractivity contribution in [2.75, 3.05) is 5.73 Å². The number of fused-ring (bicyclic) bond motifs is 1. The molecular formula is C13H8BrF2N3. The number of imidazole rings is 1. The van der Waals surface area contributed by atoms with Gasteiger partial charge >= 0.3 is 0 Å². The minimum Gasteiger partial charge on any atom is -0.369 e. The van der Waals surface area contributed by atoms with Crippen LogP contribution in [-0.4, -0.2) is 9.55 Å². The molecule has 3 rings (SSSR count). The molecule has 19 heavy (non-hydrogen) atoms. The number of halogens is 3. The Balaban J connectivity index is 2.31. The number of nitrogen functional groups attached to an aromatic ring is 1. The van der Waals surface area contributed by atoms with Crippen molar-refractivity contribution >= 4 is 32.9 Å². The van der Waals surface area contributed by atoms with Crippen molar-refractivity contribution in [3.63, 3.8) is 0 Å². The lowest BCUT2D eigenvalue weighted by molar-refractivity contribution is 0.622. The molecule has 1 heterocycles. The molecular weight excluding hydrogens is 316 g/mol. The summed E-state index contributed by atoms with van der Waals surface area (Å²) >= 11 is 3.10. The lowest BCUT2D eigenvalue weighted by Gasteiger charge is -2.06. The number of nitrogens with zero attached hydrogens (tertiary/aromatic N) is 2. The van der Waals surface area contributed by atoms with Gasteiger partial charge < -0.3 is 5.73 Å². The predicted molar refractivity (Wildman–Crippen MR) is 73.1 cm³/mol. The lowest BCUT2D eigenvalue weighted by atomic mass is 10.2. The van der Waals surface area contributed by atoms with Crippen LogP contribution in [0.25, 0.3) is 16.7 Å². The van der Waals surface area contributed by atoms with E-state index >= 15 is 0 Å². The van der Waals surface area contributed by atoms with Gasteiger partial charge in [0.05, 0.1) is 15.5 Å². The number of hydrogen-bond acceptors (Lipinski definition) is 2. The Kier molecular flexibility index (Phi) is 2.74. The van der Waals surface area contributed by atoms with E-state index in [-0.39, 0.29) is 11.8 Å². The summed E-state index contributed by atoms with van der Waals surface area (Å²) in [7, 11) is 0. The van der Waals surface area contributed by atoms with Crippen molar-refractivity contribution in [2.45, 2.75) is 0 Å². The monoisotopic (exact) mass is 323 g/mol. The zero-order chi connectivity index (χ0) is 13.6. The van der Waals surface area contributed by atoms with Gasteiger partial charge in [0.15, 0.2) is 0 Å². The van der Waals surface area contributed by atoms with E-state index in [1.54, 1.807) is 22.8 Å². The van der Waals surface area contributed by atoms with E-state index in [9.17, 15) is 8.78 Å². The fourth-order valence-electron chi connectivity index (χ4n) is 1.95. The maximum absolute atomic E-state index is 13.6. The highest BCUT2D eigenvalue weighted by atomic mass is 79.9. The average molecular weight is 324 g/mol. The molecule has 0 amide bonds. The molecule has 0 spiro atoms. The van der Waals surface area contributed by atoms with Crippen LogP contribution in [0.1, 0.15) is 0 Å². The first-order chi connectivity index (χ1) is 9.06. The van der Waals surface area contributed by atoms with Gasteiger partial charge in [-0.1, -0.05) is 0 Å². The molecule has 1 aromatic heterocycles. The molecule has 6 heteroatoms. The minimum atomic E-state index is -0.407. The second-order valence-corrected chi connectivity index (χ2v) is 4.89. The number of aromatic nitrogens is 2. The SMILES string of the molecule is Nc1nc2cc(Br)c(F)cc2n1-c1ccc(F)cc1. The Morgan fingerprint density at radius 2 is 1.79 bits per heavy atom. The summed E-state index contributed by atoms with van der Waals surface area (Å²) in [5.41, 5.74) is 7.57.